The molecule has 0 fully saturated rings. The summed E-state index contributed by atoms with van der Waals surface area (Å²) in [4.78, 5) is 10.2. The number of benzene rings is 1. The summed E-state index contributed by atoms with van der Waals surface area (Å²) in [5.41, 5.74) is 6.27. The van der Waals surface area contributed by atoms with E-state index in [1.807, 2.05) is 0 Å². The van der Waals surface area contributed by atoms with Crippen molar-refractivity contribution in [1.29, 1.82) is 0 Å². The molecule has 0 spiro atoms. The van der Waals surface area contributed by atoms with Gasteiger partial charge in [-0.1, -0.05) is 29.3 Å². The number of carbonyl (C=O) groups excluding carboxylic acids is 1. The molecule has 0 heterocycles. The molecule has 0 bridgehead atoms. The molecule has 0 amide bonds. The van der Waals surface area contributed by atoms with Crippen LogP contribution >= 0.6 is 23.2 Å². The minimum Gasteiger partial charge on any atom is -0.321 e. The van der Waals surface area contributed by atoms with Gasteiger partial charge in [-0.3, -0.25) is 4.79 Å². The smallest absolute Gasteiger partial charge is 0.217 e. The van der Waals surface area contributed by atoms with Crippen LogP contribution in [0.15, 0.2) is 18.2 Å². The van der Waals surface area contributed by atoms with Gasteiger partial charge in [0.1, 0.15) is 0 Å². The molecule has 0 aromatic heterocycles. The highest BCUT2D eigenvalue weighted by Gasteiger charge is 2.04. The van der Waals surface area contributed by atoms with E-state index in [1.54, 1.807) is 24.5 Å². The van der Waals surface area contributed by atoms with Crippen LogP contribution in [0.1, 0.15) is 5.56 Å². The predicted molar refractivity (Wildman–Crippen MR) is 53.8 cm³/mol. The van der Waals surface area contributed by atoms with Gasteiger partial charge in [-0.2, -0.15) is 0 Å². The molecule has 1 aromatic carbocycles. The molecular weight excluding hydrogens is 209 g/mol. The monoisotopic (exact) mass is 216 g/mol. The highest BCUT2D eigenvalue weighted by Crippen LogP contribution is 2.22. The molecule has 69 valence electrons. The fraction of sp³-hybridized carbons (Fsp3) is 0.222. The first-order valence-corrected chi connectivity index (χ1v) is 4.46. The molecule has 0 aliphatic rings. The van der Waals surface area contributed by atoms with Crippen LogP contribution < -0.4 is 5.73 Å². The maximum atomic E-state index is 10.2. The Kier molecular flexibility index (Phi) is 3.72. The highest BCUT2D eigenvalue weighted by molar-refractivity contribution is 6.42. The first-order valence-electron chi connectivity index (χ1n) is 3.70. The zero-order valence-corrected chi connectivity index (χ0v) is 8.27. The second-order valence-corrected chi connectivity index (χ2v) is 3.49. The van der Waals surface area contributed by atoms with E-state index in [2.05, 4.69) is 0 Å². The molecule has 1 atom stereocenters. The van der Waals surface area contributed by atoms with Crippen LogP contribution in [0.4, 0.5) is 0 Å². The molecule has 1 radical (unpaired) electrons. The Balaban J connectivity index is 2.79. The van der Waals surface area contributed by atoms with Crippen LogP contribution in [-0.2, 0) is 11.2 Å². The molecule has 13 heavy (non-hydrogen) atoms. The third-order valence-corrected chi connectivity index (χ3v) is 2.33. The predicted octanol–water partition coefficient (Wildman–Crippen LogP) is 1.97. The molecule has 0 aliphatic carbocycles. The molecule has 1 unspecified atom stereocenters. The normalized spacial score (nSPS) is 12.5. The standard InChI is InChI=1S/C9H8Cl2NO/c10-8-2-1-6(4-9(8)11)3-7(12)5-13/h1-2,4,7H,3,12H2. The second-order valence-electron chi connectivity index (χ2n) is 2.68. The number of hydrogen-bond acceptors (Lipinski definition) is 2. The molecule has 2 N–H and O–H groups in total. The summed E-state index contributed by atoms with van der Waals surface area (Å²) in [5.74, 6) is 0. The summed E-state index contributed by atoms with van der Waals surface area (Å²) < 4.78 is 0. The van der Waals surface area contributed by atoms with Crippen LogP contribution in [0.5, 0.6) is 0 Å². The van der Waals surface area contributed by atoms with Crippen molar-refractivity contribution < 1.29 is 4.79 Å². The van der Waals surface area contributed by atoms with Crippen molar-refractivity contribution in [1.82, 2.24) is 0 Å². The summed E-state index contributed by atoms with van der Waals surface area (Å²) >= 11 is 11.5. The Morgan fingerprint density at radius 3 is 2.62 bits per heavy atom. The van der Waals surface area contributed by atoms with Crippen LogP contribution in [0.3, 0.4) is 0 Å². The number of hydrogen-bond donors (Lipinski definition) is 1. The third-order valence-electron chi connectivity index (χ3n) is 1.59. The molecule has 0 aliphatic heterocycles. The van der Waals surface area contributed by atoms with E-state index >= 15 is 0 Å². The van der Waals surface area contributed by atoms with Crippen molar-refractivity contribution in [2.45, 2.75) is 12.5 Å². The van der Waals surface area contributed by atoms with Gasteiger partial charge in [-0.15, -0.1) is 0 Å². The lowest BCUT2D eigenvalue weighted by molar-refractivity contribution is 0.541. The van der Waals surface area contributed by atoms with Crippen molar-refractivity contribution in [3.05, 3.63) is 33.8 Å². The van der Waals surface area contributed by atoms with E-state index in [-0.39, 0.29) is 0 Å². The summed E-state index contributed by atoms with van der Waals surface area (Å²) in [7, 11) is 0. The molecular formula is C9H8Cl2NO. The average molecular weight is 217 g/mol. The molecule has 0 saturated carbocycles. The van der Waals surface area contributed by atoms with Gasteiger partial charge in [0.05, 0.1) is 16.1 Å². The first kappa shape index (κ1) is 10.5. The van der Waals surface area contributed by atoms with Crippen LogP contribution in [0, 0.1) is 0 Å². The Hall–Kier alpha value is -0.570. The zero-order valence-electron chi connectivity index (χ0n) is 6.76. The summed E-state index contributed by atoms with van der Waals surface area (Å²) in [5, 5.41) is 0.964. The van der Waals surface area contributed by atoms with Gasteiger partial charge in [0, 0.05) is 0 Å². The lowest BCUT2D eigenvalue weighted by Gasteiger charge is -2.04. The summed E-state index contributed by atoms with van der Waals surface area (Å²) in [6.07, 6.45) is 2.13. The van der Waals surface area contributed by atoms with Crippen LogP contribution in [0.2, 0.25) is 10.0 Å². The second kappa shape index (κ2) is 4.61. The van der Waals surface area contributed by atoms with E-state index in [9.17, 15) is 4.79 Å². The van der Waals surface area contributed by atoms with Crippen LogP contribution in [0.25, 0.3) is 0 Å². The van der Waals surface area contributed by atoms with E-state index in [4.69, 9.17) is 28.9 Å². The van der Waals surface area contributed by atoms with Gasteiger partial charge in [-0.25, -0.2) is 0 Å². The largest absolute Gasteiger partial charge is 0.321 e. The van der Waals surface area contributed by atoms with Gasteiger partial charge in [-0.05, 0) is 24.1 Å². The van der Waals surface area contributed by atoms with E-state index in [0.717, 1.165) is 5.56 Å². The van der Waals surface area contributed by atoms with Crippen molar-refractivity contribution in [2.24, 2.45) is 5.73 Å². The van der Waals surface area contributed by atoms with Crippen LogP contribution in [-0.4, -0.2) is 12.3 Å². The molecule has 0 saturated heterocycles. The molecule has 2 nitrogen and oxygen atoms in total. The van der Waals surface area contributed by atoms with Crippen molar-refractivity contribution in [2.75, 3.05) is 0 Å². The number of rotatable bonds is 3. The summed E-state index contributed by atoms with van der Waals surface area (Å²) in [6.45, 7) is 0. The Morgan fingerprint density at radius 2 is 2.08 bits per heavy atom. The van der Waals surface area contributed by atoms with Gasteiger partial charge < -0.3 is 5.73 Å². The SMILES string of the molecule is NC([C]=O)Cc1ccc(Cl)c(Cl)c1. The average Bonchev–Trinajstić information content (AvgIpc) is 2.11. The van der Waals surface area contributed by atoms with Gasteiger partial charge in [0.25, 0.3) is 0 Å². The Labute approximate surface area is 86.6 Å². The quantitative estimate of drug-likeness (QED) is 0.840. The third kappa shape index (κ3) is 2.99. The van der Waals surface area contributed by atoms with Crippen molar-refractivity contribution >= 4 is 29.5 Å². The minimum absolute atomic E-state index is 0.431. The molecule has 4 heteroatoms. The Morgan fingerprint density at radius 1 is 1.38 bits per heavy atom. The van der Waals surface area contributed by atoms with Crippen molar-refractivity contribution in [3.8, 4) is 0 Å². The van der Waals surface area contributed by atoms with Gasteiger partial charge in [0.15, 0.2) is 0 Å². The lowest BCUT2D eigenvalue weighted by atomic mass is 10.1. The topological polar surface area (TPSA) is 43.1 Å². The van der Waals surface area contributed by atoms with E-state index < -0.39 is 6.04 Å². The van der Waals surface area contributed by atoms with E-state index in [0.29, 0.717) is 16.5 Å². The maximum Gasteiger partial charge on any atom is 0.217 e. The Bertz CT molecular complexity index is 314. The minimum atomic E-state index is -0.600. The van der Waals surface area contributed by atoms with Gasteiger partial charge in [0.2, 0.25) is 6.29 Å². The fourth-order valence-corrected chi connectivity index (χ4v) is 1.28. The van der Waals surface area contributed by atoms with Crippen molar-refractivity contribution in [3.63, 3.8) is 0 Å². The first-order chi connectivity index (χ1) is 6.13. The van der Waals surface area contributed by atoms with Gasteiger partial charge >= 0.3 is 0 Å². The number of halogens is 2. The number of nitrogens with two attached hydrogens (primary N) is 1. The lowest BCUT2D eigenvalue weighted by Crippen LogP contribution is -2.23. The fourth-order valence-electron chi connectivity index (χ4n) is 0.962. The molecule has 1 aromatic rings. The molecule has 1 rings (SSSR count). The highest BCUT2D eigenvalue weighted by atomic mass is 35.5. The summed E-state index contributed by atoms with van der Waals surface area (Å²) in [6, 6.07) is 4.56. The zero-order chi connectivity index (χ0) is 9.84. The maximum absolute atomic E-state index is 10.2. The van der Waals surface area contributed by atoms with E-state index in [1.165, 1.54) is 0 Å².